The average molecular weight is 321 g/mol. The zero-order chi connectivity index (χ0) is 16.9. The van der Waals surface area contributed by atoms with Gasteiger partial charge >= 0.3 is 0 Å². The summed E-state index contributed by atoms with van der Waals surface area (Å²) in [6.07, 6.45) is 2.73. The Balaban J connectivity index is 1.60. The predicted molar refractivity (Wildman–Crippen MR) is 93.7 cm³/mol. The van der Waals surface area contributed by atoms with E-state index in [0.29, 0.717) is 24.9 Å². The minimum absolute atomic E-state index is 0.0156. The summed E-state index contributed by atoms with van der Waals surface area (Å²) in [5.41, 5.74) is 3.29. The van der Waals surface area contributed by atoms with Crippen LogP contribution in [0.25, 0.3) is 10.9 Å². The molecular weight excluding hydrogens is 302 g/mol. The van der Waals surface area contributed by atoms with Crippen LogP contribution in [0, 0.1) is 6.92 Å². The highest BCUT2D eigenvalue weighted by Gasteiger charge is 2.05. The minimum atomic E-state index is -0.0762. The molecule has 122 valence electrons. The monoisotopic (exact) mass is 321 g/mol. The lowest BCUT2D eigenvalue weighted by Crippen LogP contribution is -2.23. The fourth-order valence-corrected chi connectivity index (χ4v) is 2.55. The largest absolute Gasteiger partial charge is 0.350 e. The van der Waals surface area contributed by atoms with Crippen molar-refractivity contribution in [2.45, 2.75) is 26.3 Å². The van der Waals surface area contributed by atoms with E-state index in [0.717, 1.165) is 22.2 Å². The Bertz CT molecular complexity index is 917. The second-order valence-corrected chi connectivity index (χ2v) is 5.80. The summed E-state index contributed by atoms with van der Waals surface area (Å²) >= 11 is 0. The lowest BCUT2D eigenvalue weighted by Gasteiger charge is -2.06. The number of rotatable bonds is 5. The van der Waals surface area contributed by atoms with Crippen LogP contribution >= 0.6 is 0 Å². The van der Waals surface area contributed by atoms with Gasteiger partial charge in [-0.3, -0.25) is 14.6 Å². The van der Waals surface area contributed by atoms with Gasteiger partial charge < -0.3 is 10.3 Å². The third-order valence-corrected chi connectivity index (χ3v) is 3.93. The molecule has 0 radical (unpaired) electrons. The number of pyridine rings is 2. The molecule has 5 heteroatoms. The number of hydrogen-bond acceptors (Lipinski definition) is 3. The van der Waals surface area contributed by atoms with Crippen LogP contribution in [0.4, 0.5) is 0 Å². The van der Waals surface area contributed by atoms with Gasteiger partial charge in [-0.2, -0.15) is 0 Å². The maximum absolute atomic E-state index is 12.0. The van der Waals surface area contributed by atoms with E-state index < -0.39 is 0 Å². The van der Waals surface area contributed by atoms with E-state index in [9.17, 15) is 9.59 Å². The minimum Gasteiger partial charge on any atom is -0.350 e. The first-order valence-corrected chi connectivity index (χ1v) is 7.91. The SMILES string of the molecule is Cc1cc2ccc(CCC(=O)NCc3ccccn3)cc2[nH]c1=O. The molecule has 0 unspecified atom stereocenters. The Hall–Kier alpha value is -2.95. The summed E-state index contributed by atoms with van der Waals surface area (Å²) in [6.45, 7) is 2.22. The third-order valence-electron chi connectivity index (χ3n) is 3.93. The molecule has 2 heterocycles. The van der Waals surface area contributed by atoms with Crippen molar-refractivity contribution in [2.24, 2.45) is 0 Å². The maximum atomic E-state index is 12.0. The third kappa shape index (κ3) is 3.87. The number of hydrogen-bond donors (Lipinski definition) is 2. The second kappa shape index (κ2) is 7.08. The first-order valence-electron chi connectivity index (χ1n) is 7.91. The molecule has 3 aromatic rings. The van der Waals surface area contributed by atoms with E-state index in [-0.39, 0.29) is 11.5 Å². The molecule has 0 aliphatic carbocycles. The number of aromatic nitrogens is 2. The zero-order valence-corrected chi connectivity index (χ0v) is 13.5. The molecule has 0 atom stereocenters. The number of carbonyl (C=O) groups excluding carboxylic acids is 1. The molecule has 0 bridgehead atoms. The summed E-state index contributed by atoms with van der Waals surface area (Å²) in [5, 5.41) is 3.86. The number of amides is 1. The van der Waals surface area contributed by atoms with Crippen LogP contribution < -0.4 is 10.9 Å². The van der Waals surface area contributed by atoms with Gasteiger partial charge in [-0.25, -0.2) is 0 Å². The van der Waals surface area contributed by atoms with Crippen molar-refractivity contribution in [1.82, 2.24) is 15.3 Å². The van der Waals surface area contributed by atoms with Crippen molar-refractivity contribution in [1.29, 1.82) is 0 Å². The van der Waals surface area contributed by atoms with Crippen LogP contribution in [0.15, 0.2) is 53.5 Å². The van der Waals surface area contributed by atoms with Crippen LogP contribution in [-0.2, 0) is 17.8 Å². The molecule has 1 aromatic carbocycles. The number of aryl methyl sites for hydroxylation is 2. The molecule has 0 aliphatic rings. The Morgan fingerprint density at radius 2 is 2.08 bits per heavy atom. The molecule has 24 heavy (non-hydrogen) atoms. The molecule has 0 aliphatic heterocycles. The number of nitrogens with zero attached hydrogens (tertiary/aromatic N) is 1. The summed E-state index contributed by atoms with van der Waals surface area (Å²) in [5.74, 6) is -0.0156. The highest BCUT2D eigenvalue weighted by Crippen LogP contribution is 2.14. The van der Waals surface area contributed by atoms with E-state index in [1.165, 1.54) is 0 Å². The van der Waals surface area contributed by atoms with Gasteiger partial charge in [-0.15, -0.1) is 0 Å². The van der Waals surface area contributed by atoms with Crippen LogP contribution in [0.1, 0.15) is 23.2 Å². The number of aromatic amines is 1. The maximum Gasteiger partial charge on any atom is 0.251 e. The molecule has 3 rings (SSSR count). The molecular formula is C19H19N3O2. The smallest absolute Gasteiger partial charge is 0.251 e. The summed E-state index contributed by atoms with van der Waals surface area (Å²) in [7, 11) is 0. The van der Waals surface area contributed by atoms with Gasteiger partial charge in [0.1, 0.15) is 0 Å². The molecule has 0 fully saturated rings. The fraction of sp³-hybridized carbons (Fsp3) is 0.211. The van der Waals surface area contributed by atoms with Gasteiger partial charge in [0.05, 0.1) is 12.2 Å². The van der Waals surface area contributed by atoms with Crippen molar-refractivity contribution in [3.8, 4) is 0 Å². The summed E-state index contributed by atoms with van der Waals surface area (Å²) in [6, 6.07) is 13.4. The average Bonchev–Trinajstić information content (AvgIpc) is 2.60. The van der Waals surface area contributed by atoms with Gasteiger partial charge in [0.2, 0.25) is 5.91 Å². The molecule has 5 nitrogen and oxygen atoms in total. The molecule has 0 spiro atoms. The molecule has 2 N–H and O–H groups in total. The van der Waals surface area contributed by atoms with Crippen molar-refractivity contribution in [2.75, 3.05) is 0 Å². The number of fused-ring (bicyclic) bond motifs is 1. The molecule has 0 saturated carbocycles. The normalized spacial score (nSPS) is 10.7. The fourth-order valence-electron chi connectivity index (χ4n) is 2.55. The number of nitrogens with one attached hydrogen (secondary N) is 2. The number of benzene rings is 1. The van der Waals surface area contributed by atoms with E-state index in [2.05, 4.69) is 15.3 Å². The lowest BCUT2D eigenvalue weighted by atomic mass is 10.1. The number of carbonyl (C=O) groups is 1. The quantitative estimate of drug-likeness (QED) is 0.758. The van der Waals surface area contributed by atoms with Crippen molar-refractivity contribution >= 4 is 16.8 Å². The topological polar surface area (TPSA) is 74.8 Å². The first kappa shape index (κ1) is 15.9. The van der Waals surface area contributed by atoms with E-state index in [4.69, 9.17) is 0 Å². The van der Waals surface area contributed by atoms with Gasteiger partial charge in [0, 0.05) is 23.7 Å². The predicted octanol–water partition coefficient (Wildman–Crippen LogP) is 2.48. The molecule has 1 amide bonds. The van der Waals surface area contributed by atoms with Crippen LogP contribution in [0.3, 0.4) is 0 Å². The van der Waals surface area contributed by atoms with E-state index in [1.54, 1.807) is 13.1 Å². The van der Waals surface area contributed by atoms with Crippen molar-refractivity contribution in [3.05, 3.63) is 75.8 Å². The van der Waals surface area contributed by atoms with Gasteiger partial charge in [0.25, 0.3) is 5.56 Å². The summed E-state index contributed by atoms with van der Waals surface area (Å²) < 4.78 is 0. The Labute approximate surface area is 139 Å². The van der Waals surface area contributed by atoms with Crippen LogP contribution in [0.2, 0.25) is 0 Å². The van der Waals surface area contributed by atoms with E-state index >= 15 is 0 Å². The standard InChI is InChI=1S/C19H19N3O2/c1-13-10-15-7-5-14(11-17(15)22-19(13)24)6-8-18(23)21-12-16-4-2-3-9-20-16/h2-5,7,9-11H,6,8,12H2,1H3,(H,21,23)(H,22,24). The van der Waals surface area contributed by atoms with Gasteiger partial charge in [0.15, 0.2) is 0 Å². The molecule has 0 saturated heterocycles. The number of H-pyrrole nitrogens is 1. The Morgan fingerprint density at radius 1 is 1.21 bits per heavy atom. The molecule has 2 aromatic heterocycles. The highest BCUT2D eigenvalue weighted by atomic mass is 16.1. The zero-order valence-electron chi connectivity index (χ0n) is 13.5. The lowest BCUT2D eigenvalue weighted by molar-refractivity contribution is -0.121. The Kier molecular flexibility index (Phi) is 4.70. The van der Waals surface area contributed by atoms with Crippen LogP contribution in [-0.4, -0.2) is 15.9 Å². The van der Waals surface area contributed by atoms with Gasteiger partial charge in [-0.05, 0) is 48.6 Å². The second-order valence-electron chi connectivity index (χ2n) is 5.80. The van der Waals surface area contributed by atoms with Crippen molar-refractivity contribution < 1.29 is 4.79 Å². The van der Waals surface area contributed by atoms with Crippen LogP contribution in [0.5, 0.6) is 0 Å². The van der Waals surface area contributed by atoms with Gasteiger partial charge in [-0.1, -0.05) is 18.2 Å². The summed E-state index contributed by atoms with van der Waals surface area (Å²) in [4.78, 5) is 30.7. The Morgan fingerprint density at radius 3 is 2.88 bits per heavy atom. The van der Waals surface area contributed by atoms with E-state index in [1.807, 2.05) is 42.5 Å². The van der Waals surface area contributed by atoms with Crippen molar-refractivity contribution in [3.63, 3.8) is 0 Å². The highest BCUT2D eigenvalue weighted by molar-refractivity contribution is 5.80. The first-order chi connectivity index (χ1) is 11.6.